The average molecular weight is 366 g/mol. The van der Waals surface area contributed by atoms with E-state index in [1.807, 2.05) is 31.2 Å². The number of hydrogen-bond donors (Lipinski definition) is 3. The van der Waals surface area contributed by atoms with Crippen molar-refractivity contribution in [2.75, 3.05) is 12.4 Å². The Morgan fingerprint density at radius 2 is 1.73 bits per heavy atom. The van der Waals surface area contributed by atoms with Crippen LogP contribution in [-0.4, -0.2) is 23.2 Å². The summed E-state index contributed by atoms with van der Waals surface area (Å²) >= 11 is 5.27. The second-order valence-corrected chi connectivity index (χ2v) is 6.15. The van der Waals surface area contributed by atoms with E-state index >= 15 is 0 Å². The number of para-hydroxylation sites is 1. The highest BCUT2D eigenvalue weighted by molar-refractivity contribution is 7.80. The number of rotatable bonds is 3. The van der Waals surface area contributed by atoms with E-state index in [-0.39, 0.29) is 16.8 Å². The Morgan fingerprint density at radius 3 is 2.50 bits per heavy atom. The second kappa shape index (κ2) is 7.41. The third kappa shape index (κ3) is 3.45. The Kier molecular flexibility index (Phi) is 5.04. The van der Waals surface area contributed by atoms with Crippen LogP contribution in [0.3, 0.4) is 0 Å². The van der Waals surface area contributed by atoms with Gasteiger partial charge in [0.25, 0.3) is 5.91 Å². The number of aryl methyl sites for hydroxylation is 1. The zero-order valence-electron chi connectivity index (χ0n) is 14.4. The summed E-state index contributed by atoms with van der Waals surface area (Å²) in [6.45, 7) is 1.87. The van der Waals surface area contributed by atoms with Crippen LogP contribution in [0.2, 0.25) is 0 Å². The number of fused-ring (bicyclic) bond motifs is 1. The van der Waals surface area contributed by atoms with Gasteiger partial charge in [-0.25, -0.2) is 0 Å². The lowest BCUT2D eigenvalue weighted by Gasteiger charge is -2.14. The number of amides is 1. The zero-order chi connectivity index (χ0) is 18.7. The second-order valence-electron chi connectivity index (χ2n) is 5.74. The van der Waals surface area contributed by atoms with Gasteiger partial charge < -0.3 is 15.2 Å². The number of ether oxygens (including phenoxy) is 1. The summed E-state index contributed by atoms with van der Waals surface area (Å²) in [5.74, 6) is 0.347. The highest BCUT2D eigenvalue weighted by Crippen LogP contribution is 2.29. The number of phenols is 1. The maximum absolute atomic E-state index is 12.5. The molecule has 6 heteroatoms. The number of thiocarbonyl (C=S) groups is 1. The normalized spacial score (nSPS) is 10.4. The minimum atomic E-state index is -0.355. The minimum absolute atomic E-state index is 0.161. The molecule has 0 aliphatic rings. The molecule has 0 saturated carbocycles. The summed E-state index contributed by atoms with van der Waals surface area (Å²) < 4.78 is 5.32. The number of aromatic hydroxyl groups is 1. The first-order chi connectivity index (χ1) is 12.5. The van der Waals surface area contributed by atoms with Gasteiger partial charge in [-0.2, -0.15) is 0 Å². The number of carbonyl (C=O) groups is 1. The number of benzene rings is 3. The molecule has 132 valence electrons. The summed E-state index contributed by atoms with van der Waals surface area (Å²) in [4.78, 5) is 12.5. The fraction of sp³-hybridized carbons (Fsp3) is 0.100. The van der Waals surface area contributed by atoms with Crippen molar-refractivity contribution in [1.29, 1.82) is 0 Å². The molecule has 0 heterocycles. The Hall–Kier alpha value is -3.12. The summed E-state index contributed by atoms with van der Waals surface area (Å²) in [5.41, 5.74) is 1.97. The summed E-state index contributed by atoms with van der Waals surface area (Å²) in [6, 6.07) is 16.0. The van der Waals surface area contributed by atoms with E-state index in [4.69, 9.17) is 17.0 Å². The van der Waals surface area contributed by atoms with Crippen LogP contribution < -0.4 is 15.4 Å². The average Bonchev–Trinajstić information content (AvgIpc) is 2.62. The molecule has 0 bridgehead atoms. The highest BCUT2D eigenvalue weighted by atomic mass is 32.1. The molecule has 0 aromatic heterocycles. The van der Waals surface area contributed by atoms with Crippen LogP contribution in [0.15, 0.2) is 54.6 Å². The van der Waals surface area contributed by atoms with Crippen molar-refractivity contribution in [2.24, 2.45) is 0 Å². The fourth-order valence-electron chi connectivity index (χ4n) is 2.83. The molecule has 0 fully saturated rings. The third-order valence-corrected chi connectivity index (χ3v) is 4.24. The van der Waals surface area contributed by atoms with Crippen molar-refractivity contribution < 1.29 is 14.6 Å². The monoisotopic (exact) mass is 366 g/mol. The first-order valence-electron chi connectivity index (χ1n) is 7.98. The highest BCUT2D eigenvalue weighted by Gasteiger charge is 2.15. The number of anilines is 1. The Balaban J connectivity index is 1.81. The lowest BCUT2D eigenvalue weighted by Crippen LogP contribution is -2.34. The van der Waals surface area contributed by atoms with Crippen molar-refractivity contribution in [3.63, 3.8) is 0 Å². The smallest absolute Gasteiger partial charge is 0.261 e. The van der Waals surface area contributed by atoms with E-state index in [1.165, 1.54) is 7.11 Å². The van der Waals surface area contributed by atoms with Crippen LogP contribution in [0.25, 0.3) is 10.8 Å². The molecule has 0 aliphatic heterocycles. The fourth-order valence-corrected chi connectivity index (χ4v) is 3.03. The molecule has 3 aromatic carbocycles. The molecule has 3 N–H and O–H groups in total. The van der Waals surface area contributed by atoms with Crippen molar-refractivity contribution in [3.8, 4) is 11.5 Å². The van der Waals surface area contributed by atoms with Gasteiger partial charge in [-0.05, 0) is 42.9 Å². The van der Waals surface area contributed by atoms with E-state index < -0.39 is 0 Å². The Labute approximate surface area is 156 Å². The van der Waals surface area contributed by atoms with Crippen LogP contribution in [0.5, 0.6) is 11.5 Å². The molecule has 5 nitrogen and oxygen atoms in total. The van der Waals surface area contributed by atoms with Crippen molar-refractivity contribution >= 4 is 39.7 Å². The predicted octanol–water partition coefficient (Wildman–Crippen LogP) is 3.99. The molecule has 0 spiro atoms. The first-order valence-corrected chi connectivity index (χ1v) is 8.38. The topological polar surface area (TPSA) is 70.6 Å². The van der Waals surface area contributed by atoms with Crippen LogP contribution in [-0.2, 0) is 0 Å². The van der Waals surface area contributed by atoms with E-state index in [0.29, 0.717) is 22.4 Å². The maximum atomic E-state index is 12.5. The zero-order valence-corrected chi connectivity index (χ0v) is 15.2. The lowest BCUT2D eigenvalue weighted by molar-refractivity contribution is 0.0974. The molecular formula is C20H18N2O3S. The molecule has 0 unspecified atom stereocenters. The van der Waals surface area contributed by atoms with Gasteiger partial charge in [-0.1, -0.05) is 36.4 Å². The Morgan fingerprint density at radius 1 is 1.04 bits per heavy atom. The van der Waals surface area contributed by atoms with Crippen LogP contribution in [0.1, 0.15) is 15.9 Å². The van der Waals surface area contributed by atoms with Gasteiger partial charge >= 0.3 is 0 Å². The third-order valence-electron chi connectivity index (χ3n) is 4.03. The van der Waals surface area contributed by atoms with Gasteiger partial charge in [0.2, 0.25) is 0 Å². The first kappa shape index (κ1) is 17.7. The number of hydrogen-bond acceptors (Lipinski definition) is 4. The van der Waals surface area contributed by atoms with Gasteiger partial charge in [0.05, 0.1) is 12.7 Å². The van der Waals surface area contributed by atoms with Gasteiger partial charge in [0.15, 0.2) is 5.11 Å². The number of carbonyl (C=O) groups excluding carboxylic acids is 1. The van der Waals surface area contributed by atoms with Gasteiger partial charge in [0.1, 0.15) is 11.5 Å². The van der Waals surface area contributed by atoms with Crippen LogP contribution >= 0.6 is 12.2 Å². The van der Waals surface area contributed by atoms with Gasteiger partial charge in [-0.15, -0.1) is 0 Å². The number of methoxy groups -OCH3 is 1. The van der Waals surface area contributed by atoms with Crippen LogP contribution in [0.4, 0.5) is 5.69 Å². The van der Waals surface area contributed by atoms with E-state index in [2.05, 4.69) is 10.6 Å². The molecule has 3 aromatic rings. The van der Waals surface area contributed by atoms with Gasteiger partial charge in [-0.3, -0.25) is 10.1 Å². The molecule has 0 atom stereocenters. The Bertz CT molecular complexity index is 1000. The number of phenolic OH excluding ortho intramolecular Hbond substituents is 1. The summed E-state index contributed by atoms with van der Waals surface area (Å²) in [6.07, 6.45) is 0. The molecule has 0 saturated heterocycles. The van der Waals surface area contributed by atoms with E-state index in [0.717, 1.165) is 10.9 Å². The van der Waals surface area contributed by atoms with Crippen molar-refractivity contribution in [2.45, 2.75) is 6.92 Å². The van der Waals surface area contributed by atoms with Gasteiger partial charge in [0, 0.05) is 16.5 Å². The van der Waals surface area contributed by atoms with Crippen molar-refractivity contribution in [1.82, 2.24) is 5.32 Å². The molecule has 1 amide bonds. The molecule has 0 aliphatic carbocycles. The predicted molar refractivity (Wildman–Crippen MR) is 107 cm³/mol. The van der Waals surface area contributed by atoms with E-state index in [1.54, 1.807) is 30.3 Å². The number of nitrogens with one attached hydrogen (secondary N) is 2. The van der Waals surface area contributed by atoms with E-state index in [9.17, 15) is 9.90 Å². The minimum Gasteiger partial charge on any atom is -0.507 e. The summed E-state index contributed by atoms with van der Waals surface area (Å²) in [7, 11) is 1.53. The van der Waals surface area contributed by atoms with Crippen LogP contribution in [0, 0.1) is 6.92 Å². The van der Waals surface area contributed by atoms with Crippen molar-refractivity contribution in [3.05, 3.63) is 65.7 Å². The molecule has 3 rings (SSSR count). The molecular weight excluding hydrogens is 348 g/mol. The lowest BCUT2D eigenvalue weighted by atomic mass is 10.1. The quantitative estimate of drug-likeness (QED) is 0.612. The SMILES string of the molecule is COc1c(C)cccc1C(=O)NC(=S)Nc1cccc2c(O)cccc12. The molecule has 26 heavy (non-hydrogen) atoms. The standard InChI is InChI=1S/C20H18N2O3S/c1-12-6-3-9-15(18(12)25-2)19(24)22-20(26)21-16-10-4-8-14-13(16)7-5-11-17(14)23/h3-11,23H,1-2H3,(H2,21,22,24,26). The largest absolute Gasteiger partial charge is 0.507 e. The maximum Gasteiger partial charge on any atom is 0.261 e. The molecule has 0 radical (unpaired) electrons. The summed E-state index contributed by atoms with van der Waals surface area (Å²) in [5, 5.41) is 17.3.